The van der Waals surface area contributed by atoms with Gasteiger partial charge in [0.2, 0.25) is 0 Å². The molecule has 2 aromatic heterocycles. The number of tetrazole rings is 1. The van der Waals surface area contributed by atoms with Crippen molar-refractivity contribution in [1.29, 1.82) is 0 Å². The molecule has 0 saturated heterocycles. The lowest BCUT2D eigenvalue weighted by Gasteiger charge is -2.18. The summed E-state index contributed by atoms with van der Waals surface area (Å²) in [5.41, 5.74) is -0.104. The number of carboxylic acid groups (broad SMARTS) is 1. The zero-order valence-electron chi connectivity index (χ0n) is 10.1. The van der Waals surface area contributed by atoms with Gasteiger partial charge in [-0.2, -0.15) is 0 Å². The van der Waals surface area contributed by atoms with E-state index in [1.807, 2.05) is 6.07 Å². The summed E-state index contributed by atoms with van der Waals surface area (Å²) in [6.07, 6.45) is 0. The third-order valence-electron chi connectivity index (χ3n) is 2.55. The minimum absolute atomic E-state index is 0.199. The van der Waals surface area contributed by atoms with E-state index >= 15 is 0 Å². The fraction of sp³-hybridized carbons (Fsp3) is 0.400. The Hall–Kier alpha value is -0.800. The van der Waals surface area contributed by atoms with Gasteiger partial charge >= 0.3 is 5.97 Å². The second-order valence-electron chi connectivity index (χ2n) is 4.59. The topological polar surface area (TPSA) is 80.9 Å². The van der Waals surface area contributed by atoms with Crippen LogP contribution in [0.2, 0.25) is 0 Å². The van der Waals surface area contributed by atoms with Gasteiger partial charge in [-0.3, -0.25) is 4.79 Å². The van der Waals surface area contributed by atoms with E-state index < -0.39 is 11.4 Å². The molecule has 2 rings (SSSR count). The molecule has 0 aliphatic carbocycles. The average molecular weight is 410 g/mol. The van der Waals surface area contributed by atoms with Crippen molar-refractivity contribution in [3.05, 3.63) is 13.6 Å². The van der Waals surface area contributed by atoms with E-state index in [9.17, 15) is 4.79 Å². The van der Waals surface area contributed by atoms with Crippen LogP contribution in [0.15, 0.2) is 13.6 Å². The van der Waals surface area contributed by atoms with Crippen molar-refractivity contribution in [3.8, 4) is 11.4 Å². The highest BCUT2D eigenvalue weighted by atomic mass is 79.9. The molecule has 0 bridgehead atoms. The van der Waals surface area contributed by atoms with Crippen LogP contribution in [-0.2, 0) is 11.3 Å². The number of hydrogen-bond acceptors (Lipinski definition) is 5. The summed E-state index contributed by atoms with van der Waals surface area (Å²) in [5, 5.41) is 20.6. The molecule has 1 N–H and O–H groups in total. The Kier molecular flexibility index (Phi) is 4.07. The van der Waals surface area contributed by atoms with Crippen LogP contribution in [0.25, 0.3) is 11.4 Å². The lowest BCUT2D eigenvalue weighted by Crippen LogP contribution is -2.30. The molecular formula is C10H10Br2N4O2S. The molecule has 0 spiro atoms. The summed E-state index contributed by atoms with van der Waals surface area (Å²) >= 11 is 8.35. The molecule has 0 aliphatic rings. The van der Waals surface area contributed by atoms with Crippen LogP contribution in [0, 0.1) is 5.41 Å². The summed E-state index contributed by atoms with van der Waals surface area (Å²) in [7, 11) is 0. The third-order valence-corrected chi connectivity index (χ3v) is 4.89. The van der Waals surface area contributed by atoms with Crippen LogP contribution in [0.3, 0.4) is 0 Å². The largest absolute Gasteiger partial charge is 0.481 e. The minimum atomic E-state index is -0.941. The summed E-state index contributed by atoms with van der Waals surface area (Å²) in [5.74, 6) is -0.345. The number of thiophene rings is 1. The molecule has 0 saturated carbocycles. The van der Waals surface area contributed by atoms with Gasteiger partial charge < -0.3 is 5.11 Å². The molecule has 102 valence electrons. The lowest BCUT2D eigenvalue weighted by molar-refractivity contribution is -0.147. The highest BCUT2D eigenvalue weighted by Crippen LogP contribution is 2.37. The van der Waals surface area contributed by atoms with Crippen LogP contribution in [0.1, 0.15) is 13.8 Å². The number of carboxylic acids is 1. The molecule has 2 aromatic rings. The first-order valence-corrected chi connectivity index (χ1v) is 7.66. The molecule has 0 radical (unpaired) electrons. The number of aliphatic carboxylic acids is 1. The lowest BCUT2D eigenvalue weighted by atomic mass is 9.94. The molecule has 0 amide bonds. The summed E-state index contributed by atoms with van der Waals surface area (Å²) < 4.78 is 3.35. The Labute approximate surface area is 130 Å². The normalized spacial score (nSPS) is 11.8. The number of aromatic nitrogens is 4. The van der Waals surface area contributed by atoms with E-state index in [0.29, 0.717) is 5.82 Å². The monoisotopic (exact) mass is 408 g/mol. The number of nitrogens with zero attached hydrogens (tertiary/aromatic N) is 4. The third kappa shape index (κ3) is 3.03. The smallest absolute Gasteiger partial charge is 0.310 e. The van der Waals surface area contributed by atoms with Gasteiger partial charge in [-0.15, -0.1) is 16.4 Å². The molecular weight excluding hydrogens is 400 g/mol. The highest BCUT2D eigenvalue weighted by molar-refractivity contribution is 9.12. The van der Waals surface area contributed by atoms with Crippen molar-refractivity contribution >= 4 is 49.2 Å². The van der Waals surface area contributed by atoms with Gasteiger partial charge in [-0.1, -0.05) is 0 Å². The van der Waals surface area contributed by atoms with Crippen LogP contribution in [0.5, 0.6) is 0 Å². The van der Waals surface area contributed by atoms with Gasteiger partial charge in [0.1, 0.15) is 0 Å². The maximum absolute atomic E-state index is 11.2. The number of carbonyl (C=O) groups is 1. The maximum Gasteiger partial charge on any atom is 0.310 e. The summed E-state index contributed by atoms with van der Waals surface area (Å²) in [4.78, 5) is 11.2. The number of hydrogen-bond donors (Lipinski definition) is 1. The van der Waals surface area contributed by atoms with Crippen molar-refractivity contribution in [2.24, 2.45) is 5.41 Å². The van der Waals surface area contributed by atoms with Crippen molar-refractivity contribution in [2.45, 2.75) is 20.4 Å². The molecule has 6 nitrogen and oxygen atoms in total. The second-order valence-corrected chi connectivity index (χ2v) is 8.34. The maximum atomic E-state index is 11.2. The quantitative estimate of drug-likeness (QED) is 0.839. The zero-order chi connectivity index (χ0) is 14.2. The zero-order valence-corrected chi connectivity index (χ0v) is 14.1. The fourth-order valence-electron chi connectivity index (χ4n) is 1.44. The molecule has 9 heteroatoms. The first kappa shape index (κ1) is 14.6. The van der Waals surface area contributed by atoms with E-state index in [0.717, 1.165) is 13.1 Å². The first-order chi connectivity index (χ1) is 8.81. The van der Waals surface area contributed by atoms with Crippen molar-refractivity contribution < 1.29 is 9.90 Å². The molecule has 2 heterocycles. The van der Waals surface area contributed by atoms with Crippen molar-refractivity contribution in [1.82, 2.24) is 20.2 Å². The van der Waals surface area contributed by atoms with E-state index in [-0.39, 0.29) is 6.54 Å². The second kappa shape index (κ2) is 5.29. The van der Waals surface area contributed by atoms with Crippen LogP contribution in [0.4, 0.5) is 0 Å². The molecule has 19 heavy (non-hydrogen) atoms. The Morgan fingerprint density at radius 2 is 2.21 bits per heavy atom. The van der Waals surface area contributed by atoms with Crippen molar-refractivity contribution in [3.63, 3.8) is 0 Å². The predicted octanol–water partition coefficient (Wildman–Crippen LogP) is 3.04. The Bertz CT molecular complexity index is 623. The number of halogens is 2. The van der Waals surface area contributed by atoms with Gasteiger partial charge in [-0.05, 0) is 62.2 Å². The summed E-state index contributed by atoms with van der Waals surface area (Å²) in [6, 6.07) is 1.89. The number of rotatable bonds is 4. The molecule has 0 aliphatic heterocycles. The Balaban J connectivity index is 2.38. The predicted molar refractivity (Wildman–Crippen MR) is 77.9 cm³/mol. The fourth-order valence-corrected chi connectivity index (χ4v) is 4.23. The van der Waals surface area contributed by atoms with Gasteiger partial charge in [0.05, 0.1) is 19.5 Å². The van der Waals surface area contributed by atoms with Gasteiger partial charge in [0, 0.05) is 5.56 Å². The molecule has 0 atom stereocenters. The highest BCUT2D eigenvalue weighted by Gasteiger charge is 2.30. The minimum Gasteiger partial charge on any atom is -0.481 e. The van der Waals surface area contributed by atoms with Crippen molar-refractivity contribution in [2.75, 3.05) is 0 Å². The van der Waals surface area contributed by atoms with Gasteiger partial charge in [0.25, 0.3) is 0 Å². The van der Waals surface area contributed by atoms with Crippen LogP contribution >= 0.6 is 43.2 Å². The first-order valence-electron chi connectivity index (χ1n) is 5.26. The van der Waals surface area contributed by atoms with Crippen LogP contribution in [-0.4, -0.2) is 31.3 Å². The standard InChI is InChI=1S/C10H10Br2N4O2S/c1-10(2,9(17)18)4-16-8(13-14-15-16)5-3-6(11)19-7(5)12/h3H,4H2,1-2H3,(H,17,18). The van der Waals surface area contributed by atoms with E-state index in [4.69, 9.17) is 5.11 Å². The Morgan fingerprint density at radius 3 is 2.74 bits per heavy atom. The Morgan fingerprint density at radius 1 is 1.53 bits per heavy atom. The average Bonchev–Trinajstić information content (AvgIpc) is 2.84. The van der Waals surface area contributed by atoms with E-state index in [1.165, 1.54) is 16.0 Å². The molecule has 0 unspecified atom stereocenters. The van der Waals surface area contributed by atoms with E-state index in [1.54, 1.807) is 13.8 Å². The molecule has 0 aromatic carbocycles. The van der Waals surface area contributed by atoms with E-state index in [2.05, 4.69) is 47.4 Å². The van der Waals surface area contributed by atoms with Crippen LogP contribution < -0.4 is 0 Å². The SMILES string of the molecule is CC(C)(Cn1nnnc1-c1cc(Br)sc1Br)C(=O)O. The van der Waals surface area contributed by atoms with Gasteiger partial charge in [-0.25, -0.2) is 4.68 Å². The molecule has 0 fully saturated rings. The summed E-state index contributed by atoms with van der Waals surface area (Å²) in [6.45, 7) is 3.48. The van der Waals surface area contributed by atoms with Gasteiger partial charge in [0.15, 0.2) is 5.82 Å².